The van der Waals surface area contributed by atoms with Gasteiger partial charge in [-0.15, -0.1) is 0 Å². The second-order valence-electron chi connectivity index (χ2n) is 8.40. The van der Waals surface area contributed by atoms with Crippen LogP contribution < -0.4 is 4.74 Å². The van der Waals surface area contributed by atoms with Gasteiger partial charge in [0.1, 0.15) is 5.75 Å². The van der Waals surface area contributed by atoms with Crippen LogP contribution in [0.4, 0.5) is 0 Å². The maximum Gasteiger partial charge on any atom is 0.227 e. The van der Waals surface area contributed by atoms with Crippen molar-refractivity contribution in [1.82, 2.24) is 14.7 Å². The molecule has 2 aliphatic heterocycles. The minimum absolute atomic E-state index is 0.0176. The van der Waals surface area contributed by atoms with E-state index in [0.29, 0.717) is 52.3 Å². The standard InChI is InChI=1S/C23H33N3O4/c1-18(2)22(28)24-12-14-25(15-13-24)23(29)19-7-6-11-26(17-19)21(27)10-16-30-20-8-4-3-5-9-20/h3-5,8-9,18-19H,6-7,10-17H2,1-2H3. The van der Waals surface area contributed by atoms with E-state index < -0.39 is 0 Å². The fourth-order valence-electron chi connectivity index (χ4n) is 4.11. The van der Waals surface area contributed by atoms with Gasteiger partial charge in [0.25, 0.3) is 0 Å². The van der Waals surface area contributed by atoms with Gasteiger partial charge in [0.2, 0.25) is 17.7 Å². The van der Waals surface area contributed by atoms with Gasteiger partial charge in [-0.3, -0.25) is 14.4 Å². The van der Waals surface area contributed by atoms with Crippen molar-refractivity contribution in [2.75, 3.05) is 45.9 Å². The highest BCUT2D eigenvalue weighted by atomic mass is 16.5. The molecule has 0 aromatic heterocycles. The van der Waals surface area contributed by atoms with E-state index in [-0.39, 0.29) is 29.6 Å². The number of ether oxygens (including phenoxy) is 1. The maximum absolute atomic E-state index is 13.0. The first-order valence-electron chi connectivity index (χ1n) is 11.0. The van der Waals surface area contributed by atoms with E-state index in [0.717, 1.165) is 18.6 Å². The van der Waals surface area contributed by atoms with E-state index in [1.165, 1.54) is 0 Å². The Morgan fingerprint density at radius 2 is 1.63 bits per heavy atom. The predicted octanol–water partition coefficient (Wildman–Crippen LogP) is 2.02. The number of hydrogen-bond donors (Lipinski definition) is 0. The average Bonchev–Trinajstić information content (AvgIpc) is 2.79. The molecule has 1 atom stereocenters. The molecule has 3 amide bonds. The molecule has 0 spiro atoms. The van der Waals surface area contributed by atoms with E-state index in [4.69, 9.17) is 4.74 Å². The van der Waals surface area contributed by atoms with E-state index >= 15 is 0 Å². The number of benzene rings is 1. The number of carbonyl (C=O) groups is 3. The van der Waals surface area contributed by atoms with Crippen molar-refractivity contribution in [3.63, 3.8) is 0 Å². The quantitative estimate of drug-likeness (QED) is 0.713. The second-order valence-corrected chi connectivity index (χ2v) is 8.40. The molecule has 0 bridgehead atoms. The molecule has 0 N–H and O–H groups in total. The molecule has 1 unspecified atom stereocenters. The smallest absolute Gasteiger partial charge is 0.227 e. The Kier molecular flexibility index (Phi) is 7.71. The summed E-state index contributed by atoms with van der Waals surface area (Å²) in [6.45, 7) is 7.66. The van der Waals surface area contributed by atoms with E-state index in [1.54, 1.807) is 4.90 Å². The van der Waals surface area contributed by atoms with Gasteiger partial charge in [-0.05, 0) is 25.0 Å². The molecule has 0 radical (unpaired) electrons. The molecule has 7 nitrogen and oxygen atoms in total. The van der Waals surface area contributed by atoms with E-state index in [2.05, 4.69) is 0 Å². The second kappa shape index (κ2) is 10.5. The molecule has 2 heterocycles. The third kappa shape index (κ3) is 5.74. The summed E-state index contributed by atoms with van der Waals surface area (Å²) < 4.78 is 5.63. The lowest BCUT2D eigenvalue weighted by atomic mass is 9.96. The number of hydrogen-bond acceptors (Lipinski definition) is 4. The number of likely N-dealkylation sites (tertiary alicyclic amines) is 1. The molecule has 1 aromatic carbocycles. The lowest BCUT2D eigenvalue weighted by molar-refractivity contribution is -0.146. The highest BCUT2D eigenvalue weighted by molar-refractivity contribution is 5.82. The Labute approximate surface area is 179 Å². The van der Waals surface area contributed by atoms with Crippen molar-refractivity contribution in [3.8, 4) is 5.75 Å². The van der Waals surface area contributed by atoms with Crippen LogP contribution in [-0.2, 0) is 14.4 Å². The number of amides is 3. The number of para-hydroxylation sites is 1. The molecule has 0 saturated carbocycles. The van der Waals surface area contributed by atoms with Gasteiger partial charge in [-0.2, -0.15) is 0 Å². The molecular weight excluding hydrogens is 382 g/mol. The zero-order valence-corrected chi connectivity index (χ0v) is 18.1. The van der Waals surface area contributed by atoms with Crippen LogP contribution in [0.2, 0.25) is 0 Å². The van der Waals surface area contributed by atoms with Crippen molar-refractivity contribution in [1.29, 1.82) is 0 Å². The number of carbonyl (C=O) groups excluding carboxylic acids is 3. The third-order valence-electron chi connectivity index (χ3n) is 5.85. The van der Waals surface area contributed by atoms with Gasteiger partial charge >= 0.3 is 0 Å². The van der Waals surface area contributed by atoms with Crippen molar-refractivity contribution in [2.45, 2.75) is 33.1 Å². The molecule has 1 aromatic rings. The average molecular weight is 416 g/mol. The van der Waals surface area contributed by atoms with Gasteiger partial charge in [0, 0.05) is 45.2 Å². The summed E-state index contributed by atoms with van der Waals surface area (Å²) in [6.07, 6.45) is 1.97. The van der Waals surface area contributed by atoms with Gasteiger partial charge in [0.15, 0.2) is 0 Å². The number of piperidine rings is 1. The normalized spacial score (nSPS) is 19.7. The van der Waals surface area contributed by atoms with Crippen LogP contribution in [0.3, 0.4) is 0 Å². The minimum atomic E-state index is -0.148. The monoisotopic (exact) mass is 415 g/mol. The zero-order valence-electron chi connectivity index (χ0n) is 18.1. The number of piperazine rings is 1. The molecule has 2 saturated heterocycles. The molecule has 30 heavy (non-hydrogen) atoms. The highest BCUT2D eigenvalue weighted by Crippen LogP contribution is 2.21. The Hall–Kier alpha value is -2.57. The lowest BCUT2D eigenvalue weighted by Gasteiger charge is -2.39. The summed E-state index contributed by atoms with van der Waals surface area (Å²) in [4.78, 5) is 43.2. The van der Waals surface area contributed by atoms with Crippen molar-refractivity contribution in [2.24, 2.45) is 11.8 Å². The summed E-state index contributed by atoms with van der Waals surface area (Å²) >= 11 is 0. The first-order chi connectivity index (χ1) is 14.5. The van der Waals surface area contributed by atoms with Gasteiger partial charge in [0.05, 0.1) is 18.9 Å². The number of nitrogens with zero attached hydrogens (tertiary/aromatic N) is 3. The lowest BCUT2D eigenvalue weighted by Crippen LogP contribution is -2.54. The fourth-order valence-corrected chi connectivity index (χ4v) is 4.11. The van der Waals surface area contributed by atoms with Crippen molar-refractivity contribution in [3.05, 3.63) is 30.3 Å². The van der Waals surface area contributed by atoms with Crippen LogP contribution >= 0.6 is 0 Å². The van der Waals surface area contributed by atoms with Gasteiger partial charge in [-0.1, -0.05) is 32.0 Å². The summed E-state index contributed by atoms with van der Waals surface area (Å²) in [5.41, 5.74) is 0. The van der Waals surface area contributed by atoms with Gasteiger partial charge in [-0.25, -0.2) is 0 Å². The van der Waals surface area contributed by atoms with E-state index in [1.807, 2.05) is 54.0 Å². The largest absolute Gasteiger partial charge is 0.493 e. The summed E-state index contributed by atoms with van der Waals surface area (Å²) in [7, 11) is 0. The van der Waals surface area contributed by atoms with Crippen LogP contribution in [0, 0.1) is 11.8 Å². The van der Waals surface area contributed by atoms with Crippen molar-refractivity contribution >= 4 is 17.7 Å². The molecular formula is C23H33N3O4. The van der Waals surface area contributed by atoms with Crippen LogP contribution in [0.15, 0.2) is 30.3 Å². The molecule has 164 valence electrons. The Morgan fingerprint density at radius 1 is 0.967 bits per heavy atom. The van der Waals surface area contributed by atoms with Gasteiger partial charge < -0.3 is 19.4 Å². The minimum Gasteiger partial charge on any atom is -0.493 e. The van der Waals surface area contributed by atoms with Crippen LogP contribution in [0.5, 0.6) is 5.75 Å². The topological polar surface area (TPSA) is 70.2 Å². The molecule has 0 aliphatic carbocycles. The maximum atomic E-state index is 13.0. The van der Waals surface area contributed by atoms with Crippen LogP contribution in [0.25, 0.3) is 0 Å². The first-order valence-corrected chi connectivity index (χ1v) is 11.0. The Balaban J connectivity index is 1.44. The van der Waals surface area contributed by atoms with Crippen LogP contribution in [0.1, 0.15) is 33.1 Å². The molecule has 2 aliphatic rings. The van der Waals surface area contributed by atoms with Crippen LogP contribution in [-0.4, -0.2) is 78.3 Å². The summed E-state index contributed by atoms with van der Waals surface area (Å²) in [6, 6.07) is 9.46. The Bertz CT molecular complexity index is 729. The first kappa shape index (κ1) is 22.1. The summed E-state index contributed by atoms with van der Waals surface area (Å²) in [5, 5.41) is 0. The third-order valence-corrected chi connectivity index (χ3v) is 5.85. The Morgan fingerprint density at radius 3 is 2.30 bits per heavy atom. The van der Waals surface area contributed by atoms with Crippen molar-refractivity contribution < 1.29 is 19.1 Å². The fraction of sp³-hybridized carbons (Fsp3) is 0.609. The number of rotatable bonds is 6. The SMILES string of the molecule is CC(C)C(=O)N1CCN(C(=O)C2CCCN(C(=O)CCOc3ccccc3)C2)CC1. The predicted molar refractivity (Wildman–Crippen MR) is 114 cm³/mol. The molecule has 3 rings (SSSR count). The molecule has 7 heteroatoms. The summed E-state index contributed by atoms with van der Waals surface area (Å²) in [5.74, 6) is 0.892. The zero-order chi connectivity index (χ0) is 21.5. The highest BCUT2D eigenvalue weighted by Gasteiger charge is 2.33. The molecule has 2 fully saturated rings. The van der Waals surface area contributed by atoms with E-state index in [9.17, 15) is 14.4 Å².